The zero-order valence-corrected chi connectivity index (χ0v) is 11.5. The topological polar surface area (TPSA) is 26.0 Å². The fourth-order valence-electron chi connectivity index (χ4n) is 3.98. The monoisotopic (exact) mass is 259 g/mol. The van der Waals surface area contributed by atoms with Crippen molar-refractivity contribution in [2.45, 2.75) is 76.7 Å². The van der Waals surface area contributed by atoms with Gasteiger partial charge in [-0.05, 0) is 43.4 Å². The molecule has 0 aromatic heterocycles. The Morgan fingerprint density at radius 2 is 1.89 bits per heavy atom. The molecule has 4 unspecified atom stereocenters. The molecule has 0 amide bonds. The Balaban J connectivity index is 1.91. The first-order valence-corrected chi connectivity index (χ1v) is 7.65. The Labute approximate surface area is 110 Å². The highest BCUT2D eigenvalue weighted by Gasteiger charge is 2.40. The van der Waals surface area contributed by atoms with E-state index in [1.807, 2.05) is 0 Å². The Morgan fingerprint density at radius 1 is 1.17 bits per heavy atom. The van der Waals surface area contributed by atoms with Crippen molar-refractivity contribution in [3.63, 3.8) is 0 Å². The van der Waals surface area contributed by atoms with Crippen molar-refractivity contribution in [1.29, 1.82) is 0 Å². The number of hydrogen-bond acceptors (Lipinski definition) is 1. The van der Waals surface area contributed by atoms with Gasteiger partial charge in [-0.1, -0.05) is 26.2 Å². The van der Waals surface area contributed by atoms with Gasteiger partial charge in [-0.2, -0.15) is 0 Å². The standard InChI is InChI=1S/C15H27F2N/c1-2-11-5-3-6-12(9-11)14(18)13-7-4-8-15(16,17)10-13/h11-14H,2-10,18H2,1H3. The molecule has 0 aromatic carbocycles. The second kappa shape index (κ2) is 5.85. The van der Waals surface area contributed by atoms with Crippen LogP contribution in [0.4, 0.5) is 8.78 Å². The van der Waals surface area contributed by atoms with Gasteiger partial charge in [0.25, 0.3) is 0 Å². The Hall–Kier alpha value is -0.180. The predicted octanol–water partition coefficient (Wildman–Crippen LogP) is 4.36. The molecule has 1 nitrogen and oxygen atoms in total. The van der Waals surface area contributed by atoms with Crippen LogP contribution in [0.1, 0.15) is 64.7 Å². The molecule has 0 radical (unpaired) electrons. The summed E-state index contributed by atoms with van der Waals surface area (Å²) in [6.45, 7) is 2.23. The van der Waals surface area contributed by atoms with Crippen LogP contribution in [-0.4, -0.2) is 12.0 Å². The van der Waals surface area contributed by atoms with Gasteiger partial charge in [0.1, 0.15) is 0 Å². The van der Waals surface area contributed by atoms with Crippen LogP contribution in [0.15, 0.2) is 0 Å². The number of hydrogen-bond donors (Lipinski definition) is 1. The van der Waals surface area contributed by atoms with Gasteiger partial charge in [0.05, 0.1) is 0 Å². The molecule has 3 heteroatoms. The maximum Gasteiger partial charge on any atom is 0.248 e. The first-order valence-electron chi connectivity index (χ1n) is 7.65. The molecule has 0 saturated heterocycles. The third kappa shape index (κ3) is 3.43. The van der Waals surface area contributed by atoms with Gasteiger partial charge in [0.15, 0.2) is 0 Å². The molecule has 2 aliphatic carbocycles. The second-order valence-electron chi connectivity index (χ2n) is 6.49. The zero-order valence-electron chi connectivity index (χ0n) is 11.5. The molecule has 2 rings (SSSR count). The van der Waals surface area contributed by atoms with Gasteiger partial charge in [-0.25, -0.2) is 8.78 Å². The Kier molecular flexibility index (Phi) is 4.63. The number of rotatable bonds is 3. The maximum absolute atomic E-state index is 13.5. The fraction of sp³-hybridized carbons (Fsp3) is 1.00. The number of alkyl halides is 2. The van der Waals surface area contributed by atoms with E-state index >= 15 is 0 Å². The van der Waals surface area contributed by atoms with Gasteiger partial charge in [-0.15, -0.1) is 0 Å². The molecule has 0 heterocycles. The Morgan fingerprint density at radius 3 is 2.56 bits per heavy atom. The minimum atomic E-state index is -2.46. The van der Waals surface area contributed by atoms with Crippen LogP contribution in [0.25, 0.3) is 0 Å². The normalized spacial score (nSPS) is 38.3. The summed E-state index contributed by atoms with van der Waals surface area (Å²) in [6, 6.07) is 0.00512. The van der Waals surface area contributed by atoms with Crippen LogP contribution in [0, 0.1) is 17.8 Å². The van der Waals surface area contributed by atoms with E-state index in [9.17, 15) is 8.78 Å². The van der Waals surface area contributed by atoms with Gasteiger partial charge >= 0.3 is 0 Å². The third-order valence-electron chi connectivity index (χ3n) is 5.17. The molecular formula is C15H27F2N. The second-order valence-corrected chi connectivity index (χ2v) is 6.49. The van der Waals surface area contributed by atoms with Crippen molar-refractivity contribution < 1.29 is 8.78 Å². The van der Waals surface area contributed by atoms with Crippen molar-refractivity contribution in [3.8, 4) is 0 Å². The lowest BCUT2D eigenvalue weighted by atomic mass is 9.70. The largest absolute Gasteiger partial charge is 0.327 e. The SMILES string of the molecule is CCC1CCCC(C(N)C2CCCC(F)(F)C2)C1. The van der Waals surface area contributed by atoms with E-state index in [4.69, 9.17) is 5.73 Å². The zero-order chi connectivity index (χ0) is 13.2. The molecule has 0 aliphatic heterocycles. The van der Waals surface area contributed by atoms with Gasteiger partial charge in [0, 0.05) is 18.9 Å². The summed E-state index contributed by atoms with van der Waals surface area (Å²) in [7, 11) is 0. The van der Waals surface area contributed by atoms with Gasteiger partial charge < -0.3 is 5.73 Å². The summed E-state index contributed by atoms with van der Waals surface area (Å²) in [5.74, 6) is -1.14. The van der Waals surface area contributed by atoms with Crippen LogP contribution < -0.4 is 5.73 Å². The van der Waals surface area contributed by atoms with Crippen LogP contribution in [0.3, 0.4) is 0 Å². The molecule has 2 aliphatic rings. The molecule has 0 bridgehead atoms. The highest BCUT2D eigenvalue weighted by Crippen LogP contribution is 2.42. The molecular weight excluding hydrogens is 232 g/mol. The molecule has 0 spiro atoms. The van der Waals surface area contributed by atoms with Crippen molar-refractivity contribution >= 4 is 0 Å². The van der Waals surface area contributed by atoms with Crippen LogP contribution in [-0.2, 0) is 0 Å². The molecule has 18 heavy (non-hydrogen) atoms. The maximum atomic E-state index is 13.5. The number of halogens is 2. The van der Waals surface area contributed by atoms with E-state index in [1.165, 1.54) is 25.7 Å². The van der Waals surface area contributed by atoms with E-state index in [-0.39, 0.29) is 24.8 Å². The molecule has 2 saturated carbocycles. The summed E-state index contributed by atoms with van der Waals surface area (Å²) < 4.78 is 26.9. The van der Waals surface area contributed by atoms with Gasteiger partial charge in [-0.3, -0.25) is 0 Å². The molecule has 4 atom stereocenters. The first-order chi connectivity index (χ1) is 8.52. The Bertz CT molecular complexity index is 267. The summed E-state index contributed by atoms with van der Waals surface area (Å²) in [6.07, 6.45) is 7.73. The predicted molar refractivity (Wildman–Crippen MR) is 70.6 cm³/mol. The smallest absolute Gasteiger partial charge is 0.248 e. The van der Waals surface area contributed by atoms with Crippen LogP contribution >= 0.6 is 0 Å². The summed E-state index contributed by atoms with van der Waals surface area (Å²) in [5.41, 5.74) is 6.33. The van der Waals surface area contributed by atoms with E-state index in [0.29, 0.717) is 12.3 Å². The highest BCUT2D eigenvalue weighted by atomic mass is 19.3. The van der Waals surface area contributed by atoms with Crippen LogP contribution in [0.5, 0.6) is 0 Å². The lowest BCUT2D eigenvalue weighted by molar-refractivity contribution is -0.0605. The first kappa shape index (κ1) is 14.2. The molecule has 2 N–H and O–H groups in total. The fourth-order valence-corrected chi connectivity index (χ4v) is 3.98. The number of nitrogens with two attached hydrogens (primary N) is 1. The van der Waals surface area contributed by atoms with E-state index in [2.05, 4.69) is 6.92 Å². The van der Waals surface area contributed by atoms with E-state index in [1.54, 1.807) is 0 Å². The molecule has 106 valence electrons. The molecule has 0 aromatic rings. The van der Waals surface area contributed by atoms with Crippen molar-refractivity contribution in [3.05, 3.63) is 0 Å². The minimum Gasteiger partial charge on any atom is -0.327 e. The minimum absolute atomic E-state index is 0.00512. The van der Waals surface area contributed by atoms with Crippen molar-refractivity contribution in [2.24, 2.45) is 23.5 Å². The lowest BCUT2D eigenvalue weighted by Crippen LogP contribution is -2.43. The summed E-state index contributed by atoms with van der Waals surface area (Å²) >= 11 is 0. The summed E-state index contributed by atoms with van der Waals surface area (Å²) in [5, 5.41) is 0. The van der Waals surface area contributed by atoms with Crippen molar-refractivity contribution in [1.82, 2.24) is 0 Å². The van der Waals surface area contributed by atoms with E-state index in [0.717, 1.165) is 18.8 Å². The summed E-state index contributed by atoms with van der Waals surface area (Å²) in [4.78, 5) is 0. The van der Waals surface area contributed by atoms with E-state index < -0.39 is 5.92 Å². The average molecular weight is 259 g/mol. The highest BCUT2D eigenvalue weighted by molar-refractivity contribution is 4.89. The van der Waals surface area contributed by atoms with Crippen LogP contribution in [0.2, 0.25) is 0 Å². The average Bonchev–Trinajstić information content (AvgIpc) is 2.37. The quantitative estimate of drug-likeness (QED) is 0.801. The van der Waals surface area contributed by atoms with Crippen molar-refractivity contribution in [2.75, 3.05) is 0 Å². The lowest BCUT2D eigenvalue weighted by Gasteiger charge is -2.39. The third-order valence-corrected chi connectivity index (χ3v) is 5.17. The van der Waals surface area contributed by atoms with Gasteiger partial charge in [0.2, 0.25) is 5.92 Å². The molecule has 2 fully saturated rings.